The van der Waals surface area contributed by atoms with E-state index >= 15 is 0 Å². The number of aromatic nitrogens is 2. The van der Waals surface area contributed by atoms with Gasteiger partial charge >= 0.3 is 0 Å². The lowest BCUT2D eigenvalue weighted by atomic mass is 9.89. The highest BCUT2D eigenvalue weighted by Gasteiger charge is 2.26. The van der Waals surface area contributed by atoms with Crippen molar-refractivity contribution < 1.29 is 0 Å². The maximum absolute atomic E-state index is 2.54. The Labute approximate surface area is 356 Å². The van der Waals surface area contributed by atoms with Gasteiger partial charge in [0.1, 0.15) is 0 Å². The zero-order valence-electron chi connectivity index (χ0n) is 33.7. The number of hydrogen-bond acceptors (Lipinski definition) is 0. The van der Waals surface area contributed by atoms with Crippen LogP contribution in [0.2, 0.25) is 0 Å². The summed E-state index contributed by atoms with van der Waals surface area (Å²) in [5.74, 6) is 0. The number of rotatable bonds is 3. The van der Waals surface area contributed by atoms with Crippen LogP contribution < -0.4 is 0 Å². The molecule has 2 aromatic heterocycles. The summed E-state index contributed by atoms with van der Waals surface area (Å²) in [6.45, 7) is 0. The summed E-state index contributed by atoms with van der Waals surface area (Å²) >= 11 is 0. The molecule has 62 heavy (non-hydrogen) atoms. The summed E-state index contributed by atoms with van der Waals surface area (Å²) < 4.78 is 5.08. The van der Waals surface area contributed by atoms with E-state index in [4.69, 9.17) is 0 Å². The zero-order valence-corrected chi connectivity index (χ0v) is 33.7. The lowest BCUT2D eigenvalue weighted by molar-refractivity contribution is 1.19. The van der Waals surface area contributed by atoms with E-state index in [1.807, 2.05) is 0 Å². The molecule has 0 spiro atoms. The standard InChI is InChI=1S/C60H36N2/c1-3-19-37(20-4-1)61-57-47-31-15-11-27-43(47)51(35-53(57)55-45-29-13-7-23-39(45)41-25-9-17-33-49(41)59(55)61)52-36-54-56-46-30-14-8-24-40(46)42-26-10-18-34-50(42)60(56)62(38-21-5-2-6-22-38)58(54)48-32-16-12-28-44(48)52/h1-36H. The fourth-order valence-corrected chi connectivity index (χ4v) is 11.2. The first-order valence-corrected chi connectivity index (χ1v) is 21.5. The third-order valence-corrected chi connectivity index (χ3v) is 13.6. The largest absolute Gasteiger partial charge is 0.308 e. The van der Waals surface area contributed by atoms with E-state index in [2.05, 4.69) is 228 Å². The number of hydrogen-bond donors (Lipinski definition) is 0. The molecule has 14 rings (SSSR count). The molecule has 0 amide bonds. The third-order valence-electron chi connectivity index (χ3n) is 13.6. The van der Waals surface area contributed by atoms with Gasteiger partial charge in [-0.3, -0.25) is 0 Å². The van der Waals surface area contributed by atoms with E-state index in [-0.39, 0.29) is 0 Å². The normalized spacial score (nSPS) is 12.2. The van der Waals surface area contributed by atoms with Crippen molar-refractivity contribution in [2.24, 2.45) is 0 Å². The Morgan fingerprint density at radius 1 is 0.194 bits per heavy atom. The minimum absolute atomic E-state index is 1.16. The number of nitrogens with zero attached hydrogens (tertiary/aromatic N) is 2. The van der Waals surface area contributed by atoms with Gasteiger partial charge in [0, 0.05) is 54.5 Å². The van der Waals surface area contributed by atoms with Gasteiger partial charge in [-0.15, -0.1) is 0 Å². The van der Waals surface area contributed by atoms with Crippen LogP contribution in [0.5, 0.6) is 0 Å². The molecule has 0 saturated carbocycles. The van der Waals surface area contributed by atoms with Crippen LogP contribution in [0.25, 0.3) is 131 Å². The van der Waals surface area contributed by atoms with Gasteiger partial charge in [-0.1, -0.05) is 182 Å². The molecule has 0 bridgehead atoms. The molecule has 0 fully saturated rings. The van der Waals surface area contributed by atoms with Crippen LogP contribution in [0, 0.1) is 0 Å². The van der Waals surface area contributed by atoms with Gasteiger partial charge in [-0.2, -0.15) is 0 Å². The lowest BCUT2D eigenvalue weighted by Gasteiger charge is -2.16. The highest BCUT2D eigenvalue weighted by molar-refractivity contribution is 6.38. The summed E-state index contributed by atoms with van der Waals surface area (Å²) in [6, 6.07) is 81.0. The van der Waals surface area contributed by atoms with Crippen molar-refractivity contribution in [3.63, 3.8) is 0 Å². The monoisotopic (exact) mass is 784 g/mol. The number of fused-ring (bicyclic) bond motifs is 20. The molecule has 2 heteroatoms. The fraction of sp³-hybridized carbons (Fsp3) is 0. The molecule has 0 aliphatic carbocycles. The smallest absolute Gasteiger partial charge is 0.0626 e. The van der Waals surface area contributed by atoms with Crippen molar-refractivity contribution in [3.05, 3.63) is 218 Å². The van der Waals surface area contributed by atoms with Crippen molar-refractivity contribution in [1.82, 2.24) is 9.13 Å². The quantitative estimate of drug-likeness (QED) is 0.158. The molecule has 0 atom stereocenters. The van der Waals surface area contributed by atoms with Crippen LogP contribution >= 0.6 is 0 Å². The third kappa shape index (κ3) is 4.43. The second-order valence-electron chi connectivity index (χ2n) is 16.7. The predicted molar refractivity (Wildman–Crippen MR) is 266 cm³/mol. The summed E-state index contributed by atoms with van der Waals surface area (Å²) in [6.07, 6.45) is 0. The minimum Gasteiger partial charge on any atom is -0.308 e. The molecule has 0 aliphatic heterocycles. The second kappa shape index (κ2) is 12.7. The Morgan fingerprint density at radius 2 is 0.452 bits per heavy atom. The van der Waals surface area contributed by atoms with Gasteiger partial charge in [-0.25, -0.2) is 0 Å². The molecule has 0 unspecified atom stereocenters. The van der Waals surface area contributed by atoms with E-state index in [0.717, 1.165) is 11.4 Å². The van der Waals surface area contributed by atoms with Gasteiger partial charge in [0.2, 0.25) is 0 Å². The van der Waals surface area contributed by atoms with Crippen molar-refractivity contribution in [3.8, 4) is 22.5 Å². The topological polar surface area (TPSA) is 9.86 Å². The minimum atomic E-state index is 1.16. The highest BCUT2D eigenvalue weighted by atomic mass is 15.0. The van der Waals surface area contributed by atoms with E-state index < -0.39 is 0 Å². The van der Waals surface area contributed by atoms with E-state index in [0.29, 0.717) is 0 Å². The molecule has 0 radical (unpaired) electrons. The van der Waals surface area contributed by atoms with Crippen LogP contribution in [0.3, 0.4) is 0 Å². The molecule has 2 heterocycles. The molecule has 0 N–H and O–H groups in total. The number of para-hydroxylation sites is 2. The molecule has 0 saturated heterocycles. The molecule has 14 aromatic rings. The average Bonchev–Trinajstić information content (AvgIpc) is 3.89. The lowest BCUT2D eigenvalue weighted by Crippen LogP contribution is -1.96. The van der Waals surface area contributed by atoms with Gasteiger partial charge in [-0.05, 0) is 90.6 Å². The molecule has 2 nitrogen and oxygen atoms in total. The Bertz CT molecular complexity index is 3920. The molecule has 12 aromatic carbocycles. The van der Waals surface area contributed by atoms with Crippen LogP contribution in [0.15, 0.2) is 218 Å². The van der Waals surface area contributed by atoms with Crippen molar-refractivity contribution in [1.29, 1.82) is 0 Å². The Morgan fingerprint density at radius 3 is 0.806 bits per heavy atom. The average molecular weight is 785 g/mol. The maximum Gasteiger partial charge on any atom is 0.0626 e. The Kier molecular flexibility index (Phi) is 6.86. The SMILES string of the molecule is c1ccc(-n2c3c4ccccc4c(-c4cc5c6c7ccccc7c7ccccc7c6n(-c6ccccc6)c5c5ccccc45)cc3c3c4ccccc4c4ccccc4c32)cc1. The van der Waals surface area contributed by atoms with Crippen LogP contribution in [-0.2, 0) is 0 Å². The maximum atomic E-state index is 2.54. The second-order valence-corrected chi connectivity index (χ2v) is 16.7. The van der Waals surface area contributed by atoms with Gasteiger partial charge < -0.3 is 9.13 Å². The molecule has 0 aliphatic rings. The molecular formula is C60H36N2. The fourth-order valence-electron chi connectivity index (χ4n) is 11.2. The van der Waals surface area contributed by atoms with E-state index in [1.54, 1.807) is 0 Å². The zero-order chi connectivity index (χ0) is 40.5. The van der Waals surface area contributed by atoms with Gasteiger partial charge in [0.05, 0.1) is 22.1 Å². The first-order valence-electron chi connectivity index (χ1n) is 21.5. The van der Waals surface area contributed by atoms with E-state index in [9.17, 15) is 0 Å². The molecular weight excluding hydrogens is 749 g/mol. The molecule has 286 valence electrons. The summed E-state index contributed by atoms with van der Waals surface area (Å²) in [5, 5.41) is 20.2. The van der Waals surface area contributed by atoms with Crippen LogP contribution in [0.1, 0.15) is 0 Å². The van der Waals surface area contributed by atoms with Crippen molar-refractivity contribution in [2.45, 2.75) is 0 Å². The summed E-state index contributed by atoms with van der Waals surface area (Å²) in [5.41, 5.74) is 9.74. The van der Waals surface area contributed by atoms with Gasteiger partial charge in [0.15, 0.2) is 0 Å². The first-order chi connectivity index (χ1) is 30.8. The first kappa shape index (κ1) is 33.6. The highest BCUT2D eigenvalue weighted by Crippen LogP contribution is 2.50. The summed E-state index contributed by atoms with van der Waals surface area (Å²) in [4.78, 5) is 0. The van der Waals surface area contributed by atoms with Crippen LogP contribution in [0.4, 0.5) is 0 Å². The Balaban J connectivity index is 1.23. The van der Waals surface area contributed by atoms with Crippen molar-refractivity contribution >= 4 is 108 Å². The summed E-state index contributed by atoms with van der Waals surface area (Å²) in [7, 11) is 0. The van der Waals surface area contributed by atoms with Crippen molar-refractivity contribution in [2.75, 3.05) is 0 Å². The Hall–Kier alpha value is -8.20. The van der Waals surface area contributed by atoms with Crippen LogP contribution in [-0.4, -0.2) is 9.13 Å². The van der Waals surface area contributed by atoms with E-state index in [1.165, 1.54) is 119 Å². The predicted octanol–water partition coefficient (Wildman–Crippen LogP) is 16.5. The van der Waals surface area contributed by atoms with Gasteiger partial charge in [0.25, 0.3) is 0 Å². The number of benzene rings is 12.